The molecule has 3 aliphatic rings. The van der Waals surface area contributed by atoms with Gasteiger partial charge in [0.1, 0.15) is 11.4 Å². The fourth-order valence-electron chi connectivity index (χ4n) is 4.40. The normalized spacial score (nSPS) is 22.3. The number of hydrogen-bond acceptors (Lipinski definition) is 6. The van der Waals surface area contributed by atoms with Crippen LogP contribution >= 0.6 is 11.6 Å². The maximum absolute atomic E-state index is 12.6. The summed E-state index contributed by atoms with van der Waals surface area (Å²) in [5, 5.41) is 0.777. The largest absolute Gasteiger partial charge is 0.611 e. The van der Waals surface area contributed by atoms with Gasteiger partial charge >= 0.3 is 0 Å². The van der Waals surface area contributed by atoms with Gasteiger partial charge in [-0.25, -0.2) is 9.98 Å². The van der Waals surface area contributed by atoms with Gasteiger partial charge in [-0.15, -0.1) is 0 Å². The number of aliphatic imine (C=N–C) groups is 1. The van der Waals surface area contributed by atoms with E-state index >= 15 is 0 Å². The lowest BCUT2D eigenvalue weighted by molar-refractivity contribution is 0.135. The number of rotatable bonds is 3. The molecule has 0 saturated carbocycles. The maximum atomic E-state index is 12.6. The highest BCUT2D eigenvalue weighted by atomic mass is 35.5. The Kier molecular flexibility index (Phi) is 5.96. The van der Waals surface area contributed by atoms with Gasteiger partial charge in [0.2, 0.25) is 16.7 Å². The number of halogens is 1. The van der Waals surface area contributed by atoms with Crippen LogP contribution in [0.1, 0.15) is 42.9 Å². The Balaban J connectivity index is 1.37. The monoisotopic (exact) mass is 444 g/mol. The van der Waals surface area contributed by atoms with E-state index in [0.717, 1.165) is 72.5 Å². The predicted octanol–water partition coefficient (Wildman–Crippen LogP) is 4.06. The van der Waals surface area contributed by atoms with Crippen LogP contribution in [0, 0.1) is 0 Å². The van der Waals surface area contributed by atoms with Crippen molar-refractivity contribution < 1.29 is 9.29 Å². The van der Waals surface area contributed by atoms with Crippen molar-refractivity contribution in [2.24, 2.45) is 4.99 Å². The molecule has 0 radical (unpaired) electrons. The molecule has 1 atom stereocenters. The zero-order chi connectivity index (χ0) is 20.5. The molecule has 158 valence electrons. The SMILES string of the molecule is [O-][S+]1CCc2nc(N3CCC(c4ccc(Cl)cc4)CC3)nc(N=C3CCOCC3)c21. The van der Waals surface area contributed by atoms with Crippen molar-refractivity contribution in [1.29, 1.82) is 0 Å². The number of fused-ring (bicyclic) bond motifs is 1. The topological polar surface area (TPSA) is 73.7 Å². The molecule has 5 rings (SSSR count). The van der Waals surface area contributed by atoms with Gasteiger partial charge in [-0.2, -0.15) is 4.98 Å². The molecule has 1 aromatic carbocycles. The molecule has 2 saturated heterocycles. The van der Waals surface area contributed by atoms with Crippen LogP contribution in [-0.2, 0) is 22.3 Å². The van der Waals surface area contributed by atoms with Crippen molar-refractivity contribution in [3.8, 4) is 0 Å². The molecule has 4 heterocycles. The highest BCUT2D eigenvalue weighted by molar-refractivity contribution is 7.91. The summed E-state index contributed by atoms with van der Waals surface area (Å²) >= 11 is 4.98. The summed E-state index contributed by atoms with van der Waals surface area (Å²) in [6.45, 7) is 3.19. The molecule has 0 bridgehead atoms. The minimum atomic E-state index is -1.05. The summed E-state index contributed by atoms with van der Waals surface area (Å²) < 4.78 is 18.0. The Hall–Kier alpha value is -1.67. The first-order valence-electron chi connectivity index (χ1n) is 10.6. The molecule has 0 amide bonds. The van der Waals surface area contributed by atoms with Crippen LogP contribution in [0.4, 0.5) is 11.8 Å². The molecule has 30 heavy (non-hydrogen) atoms. The third kappa shape index (κ3) is 4.21. The first-order valence-corrected chi connectivity index (χ1v) is 12.3. The second-order valence-electron chi connectivity index (χ2n) is 8.03. The van der Waals surface area contributed by atoms with Crippen molar-refractivity contribution in [3.05, 3.63) is 40.5 Å². The van der Waals surface area contributed by atoms with Gasteiger partial charge in [-0.1, -0.05) is 23.7 Å². The standard InChI is InChI=1S/C22H25ClN4O2S/c23-17-3-1-15(2-4-17)16-5-10-27(11-6-16)22-25-19-9-14-30(28)20(19)21(26-22)24-18-7-12-29-13-8-18/h1-4,16H,5-14H2. The van der Waals surface area contributed by atoms with Crippen LogP contribution in [0.15, 0.2) is 34.2 Å². The minimum absolute atomic E-state index is 0.530. The molecule has 1 unspecified atom stereocenters. The molecule has 8 heteroatoms. The highest BCUT2D eigenvalue weighted by Crippen LogP contribution is 2.36. The lowest BCUT2D eigenvalue weighted by Crippen LogP contribution is -2.34. The van der Waals surface area contributed by atoms with Gasteiger partial charge in [0.05, 0.1) is 13.2 Å². The van der Waals surface area contributed by atoms with Gasteiger partial charge in [0.25, 0.3) is 0 Å². The number of ether oxygens (including phenoxy) is 1. The molecule has 6 nitrogen and oxygen atoms in total. The number of aromatic nitrogens is 2. The van der Waals surface area contributed by atoms with Crippen molar-refractivity contribution in [2.75, 3.05) is 37.0 Å². The summed E-state index contributed by atoms with van der Waals surface area (Å²) in [4.78, 5) is 17.4. The average molecular weight is 445 g/mol. The minimum Gasteiger partial charge on any atom is -0.611 e. The number of aryl methyl sites for hydroxylation is 1. The van der Waals surface area contributed by atoms with E-state index in [0.29, 0.717) is 30.7 Å². The van der Waals surface area contributed by atoms with E-state index in [4.69, 9.17) is 31.3 Å². The molecule has 1 aromatic heterocycles. The van der Waals surface area contributed by atoms with E-state index in [1.54, 1.807) is 0 Å². The van der Waals surface area contributed by atoms with Gasteiger partial charge in [-0.3, -0.25) is 0 Å². The molecule has 2 aromatic rings. The molecule has 0 aliphatic carbocycles. The average Bonchev–Trinajstić information content (AvgIpc) is 3.16. The molecule has 0 spiro atoms. The zero-order valence-electron chi connectivity index (χ0n) is 16.8. The third-order valence-electron chi connectivity index (χ3n) is 6.11. The van der Waals surface area contributed by atoms with E-state index < -0.39 is 11.2 Å². The molecule has 2 fully saturated rings. The molecular weight excluding hydrogens is 420 g/mol. The van der Waals surface area contributed by atoms with E-state index in [1.165, 1.54) is 5.56 Å². The zero-order valence-corrected chi connectivity index (χ0v) is 18.4. The number of piperidine rings is 1. The van der Waals surface area contributed by atoms with Crippen LogP contribution in [-0.4, -0.2) is 52.3 Å². The van der Waals surface area contributed by atoms with Crippen LogP contribution < -0.4 is 4.90 Å². The van der Waals surface area contributed by atoms with E-state index in [1.807, 2.05) is 12.1 Å². The summed E-state index contributed by atoms with van der Waals surface area (Å²) in [5.41, 5.74) is 3.33. The van der Waals surface area contributed by atoms with Crippen LogP contribution in [0.3, 0.4) is 0 Å². The smallest absolute Gasteiger partial charge is 0.227 e. The van der Waals surface area contributed by atoms with Gasteiger partial charge in [0, 0.05) is 43.1 Å². The Labute approximate surface area is 184 Å². The highest BCUT2D eigenvalue weighted by Gasteiger charge is 2.33. The Morgan fingerprint density at radius 3 is 2.53 bits per heavy atom. The maximum Gasteiger partial charge on any atom is 0.227 e. The lowest BCUT2D eigenvalue weighted by atomic mass is 9.89. The number of benzene rings is 1. The number of nitrogens with zero attached hydrogens (tertiary/aromatic N) is 4. The first kappa shape index (κ1) is 20.2. The van der Waals surface area contributed by atoms with Crippen molar-refractivity contribution in [2.45, 2.75) is 42.9 Å². The second-order valence-corrected chi connectivity index (χ2v) is 9.97. The van der Waals surface area contributed by atoms with E-state index in [2.05, 4.69) is 17.0 Å². The quantitative estimate of drug-likeness (QED) is 0.667. The fraction of sp³-hybridized carbons (Fsp3) is 0.500. The van der Waals surface area contributed by atoms with Gasteiger partial charge in [0.15, 0.2) is 0 Å². The van der Waals surface area contributed by atoms with Crippen LogP contribution in [0.5, 0.6) is 0 Å². The molecule has 3 aliphatic heterocycles. The Morgan fingerprint density at radius 2 is 1.80 bits per heavy atom. The summed E-state index contributed by atoms with van der Waals surface area (Å²) in [6.07, 6.45) is 4.46. The number of anilines is 1. The van der Waals surface area contributed by atoms with Crippen LogP contribution in [0.2, 0.25) is 5.02 Å². The van der Waals surface area contributed by atoms with E-state index in [-0.39, 0.29) is 0 Å². The third-order valence-corrected chi connectivity index (χ3v) is 7.81. The summed E-state index contributed by atoms with van der Waals surface area (Å²) in [6, 6.07) is 8.20. The lowest BCUT2D eigenvalue weighted by Gasteiger charge is -2.32. The fourth-order valence-corrected chi connectivity index (χ4v) is 5.81. The second kappa shape index (κ2) is 8.83. The number of hydrogen-bond donors (Lipinski definition) is 0. The van der Waals surface area contributed by atoms with Crippen molar-refractivity contribution >= 4 is 40.3 Å². The van der Waals surface area contributed by atoms with E-state index in [9.17, 15) is 4.55 Å². The van der Waals surface area contributed by atoms with Gasteiger partial charge < -0.3 is 14.2 Å². The summed E-state index contributed by atoms with van der Waals surface area (Å²) in [5.74, 6) is 2.49. The Bertz CT molecular complexity index is 937. The Morgan fingerprint density at radius 1 is 1.07 bits per heavy atom. The van der Waals surface area contributed by atoms with Gasteiger partial charge in [-0.05, 0) is 47.6 Å². The first-order chi connectivity index (χ1) is 14.7. The van der Waals surface area contributed by atoms with Crippen LogP contribution in [0.25, 0.3) is 0 Å². The predicted molar refractivity (Wildman–Crippen MR) is 120 cm³/mol. The van der Waals surface area contributed by atoms with Crippen molar-refractivity contribution in [1.82, 2.24) is 9.97 Å². The molecular formula is C22H25ClN4O2S. The summed E-state index contributed by atoms with van der Waals surface area (Å²) in [7, 11) is 0. The molecule has 0 N–H and O–H groups in total. The van der Waals surface area contributed by atoms with Crippen molar-refractivity contribution in [3.63, 3.8) is 0 Å².